The Kier molecular flexibility index (Phi) is 3.68. The minimum Gasteiger partial charge on any atom is -0.369 e. The van der Waals surface area contributed by atoms with E-state index in [1.807, 2.05) is 42.2 Å². The van der Waals surface area contributed by atoms with Gasteiger partial charge in [-0.2, -0.15) is 0 Å². The standard InChI is InChI=1S/C16H15BrFN3/c1-10-5-6-14(18)13(7-10)15-9-20-16(19)21(15)12-4-2-3-11(17)8-12/h2-8,15H,9H2,1H3,(H2,19,20). The van der Waals surface area contributed by atoms with Crippen molar-refractivity contribution >= 4 is 27.6 Å². The molecule has 0 aliphatic carbocycles. The SMILES string of the molecule is Cc1ccc(F)c(C2CN=C(N)N2c2cccc(Br)c2)c1. The third-order valence-corrected chi connectivity index (χ3v) is 4.07. The van der Waals surface area contributed by atoms with Crippen LogP contribution in [-0.2, 0) is 0 Å². The molecule has 1 aliphatic heterocycles. The molecule has 0 aromatic heterocycles. The highest BCUT2D eigenvalue weighted by Gasteiger charge is 2.30. The van der Waals surface area contributed by atoms with E-state index in [0.717, 1.165) is 15.7 Å². The van der Waals surface area contributed by atoms with E-state index in [9.17, 15) is 4.39 Å². The number of aliphatic imine (C=N–C) groups is 1. The van der Waals surface area contributed by atoms with E-state index in [1.54, 1.807) is 6.07 Å². The van der Waals surface area contributed by atoms with Gasteiger partial charge in [0.1, 0.15) is 5.82 Å². The molecule has 21 heavy (non-hydrogen) atoms. The first-order valence-corrected chi connectivity index (χ1v) is 7.46. The molecule has 108 valence electrons. The average Bonchev–Trinajstić information content (AvgIpc) is 2.83. The van der Waals surface area contributed by atoms with Gasteiger partial charge in [-0.1, -0.05) is 39.7 Å². The number of rotatable bonds is 2. The molecule has 5 heteroatoms. The van der Waals surface area contributed by atoms with E-state index >= 15 is 0 Å². The van der Waals surface area contributed by atoms with Crippen LogP contribution in [0.5, 0.6) is 0 Å². The van der Waals surface area contributed by atoms with Crippen LogP contribution < -0.4 is 10.6 Å². The number of hydrogen-bond acceptors (Lipinski definition) is 3. The number of guanidine groups is 1. The summed E-state index contributed by atoms with van der Waals surface area (Å²) in [6.07, 6.45) is 0. The topological polar surface area (TPSA) is 41.6 Å². The van der Waals surface area contributed by atoms with Gasteiger partial charge in [0.25, 0.3) is 0 Å². The Morgan fingerprint density at radius 3 is 2.86 bits per heavy atom. The zero-order chi connectivity index (χ0) is 15.0. The summed E-state index contributed by atoms with van der Waals surface area (Å²) in [4.78, 5) is 6.17. The van der Waals surface area contributed by atoms with Gasteiger partial charge in [-0.3, -0.25) is 4.99 Å². The van der Waals surface area contributed by atoms with E-state index in [1.165, 1.54) is 6.07 Å². The van der Waals surface area contributed by atoms with Crippen LogP contribution in [0.2, 0.25) is 0 Å². The van der Waals surface area contributed by atoms with Crippen molar-refractivity contribution < 1.29 is 4.39 Å². The third kappa shape index (κ3) is 2.65. The molecule has 3 rings (SSSR count). The van der Waals surface area contributed by atoms with Gasteiger partial charge in [-0.15, -0.1) is 0 Å². The zero-order valence-electron chi connectivity index (χ0n) is 11.6. The molecule has 0 amide bonds. The van der Waals surface area contributed by atoms with Crippen molar-refractivity contribution in [1.29, 1.82) is 0 Å². The summed E-state index contributed by atoms with van der Waals surface area (Å²) >= 11 is 3.45. The normalized spacial score (nSPS) is 18.0. The van der Waals surface area contributed by atoms with Crippen molar-refractivity contribution in [3.63, 3.8) is 0 Å². The largest absolute Gasteiger partial charge is 0.369 e. The molecule has 0 fully saturated rings. The van der Waals surface area contributed by atoms with Gasteiger partial charge < -0.3 is 10.6 Å². The number of anilines is 1. The lowest BCUT2D eigenvalue weighted by Gasteiger charge is -2.27. The Labute approximate surface area is 131 Å². The van der Waals surface area contributed by atoms with Crippen molar-refractivity contribution in [2.24, 2.45) is 10.7 Å². The highest BCUT2D eigenvalue weighted by molar-refractivity contribution is 9.10. The predicted octanol–water partition coefficient (Wildman–Crippen LogP) is 3.77. The molecule has 1 aliphatic rings. The number of halogens is 2. The van der Waals surface area contributed by atoms with Crippen LogP contribution in [0.1, 0.15) is 17.2 Å². The zero-order valence-corrected chi connectivity index (χ0v) is 13.1. The Morgan fingerprint density at radius 2 is 2.10 bits per heavy atom. The Bertz CT molecular complexity index is 714. The van der Waals surface area contributed by atoms with Gasteiger partial charge in [0.15, 0.2) is 5.96 Å². The van der Waals surface area contributed by atoms with Gasteiger partial charge >= 0.3 is 0 Å². The fourth-order valence-electron chi connectivity index (χ4n) is 2.59. The predicted molar refractivity (Wildman–Crippen MR) is 87.0 cm³/mol. The molecule has 1 unspecified atom stereocenters. The second kappa shape index (κ2) is 5.48. The van der Waals surface area contributed by atoms with Gasteiger partial charge in [0.05, 0.1) is 12.6 Å². The smallest absolute Gasteiger partial charge is 0.196 e. The molecule has 2 aromatic carbocycles. The monoisotopic (exact) mass is 347 g/mol. The summed E-state index contributed by atoms with van der Waals surface area (Å²) in [5.74, 6) is 0.189. The van der Waals surface area contributed by atoms with Crippen LogP contribution in [0.15, 0.2) is 51.9 Å². The van der Waals surface area contributed by atoms with Crippen molar-refractivity contribution in [3.8, 4) is 0 Å². The maximum atomic E-state index is 14.2. The third-order valence-electron chi connectivity index (χ3n) is 3.58. The highest BCUT2D eigenvalue weighted by atomic mass is 79.9. The molecule has 0 bridgehead atoms. The van der Waals surface area contributed by atoms with Gasteiger partial charge in [0, 0.05) is 15.7 Å². The van der Waals surface area contributed by atoms with Crippen LogP contribution in [0, 0.1) is 12.7 Å². The van der Waals surface area contributed by atoms with Crippen molar-refractivity contribution in [2.75, 3.05) is 11.4 Å². The maximum Gasteiger partial charge on any atom is 0.196 e. The van der Waals surface area contributed by atoms with Crippen LogP contribution in [0.3, 0.4) is 0 Å². The minimum atomic E-state index is -0.226. The van der Waals surface area contributed by atoms with E-state index in [-0.39, 0.29) is 11.9 Å². The summed E-state index contributed by atoms with van der Waals surface area (Å²) in [7, 11) is 0. The molecule has 2 N–H and O–H groups in total. The van der Waals surface area contributed by atoms with E-state index in [4.69, 9.17) is 5.73 Å². The molecule has 0 saturated heterocycles. The molecule has 1 heterocycles. The van der Waals surface area contributed by atoms with E-state index < -0.39 is 0 Å². The molecule has 0 radical (unpaired) electrons. The second-order valence-electron chi connectivity index (χ2n) is 5.09. The lowest BCUT2D eigenvalue weighted by molar-refractivity contribution is 0.589. The summed E-state index contributed by atoms with van der Waals surface area (Å²) in [6, 6.07) is 12.7. The lowest BCUT2D eigenvalue weighted by Crippen LogP contribution is -2.36. The maximum absolute atomic E-state index is 14.2. The van der Waals surface area contributed by atoms with Crippen molar-refractivity contribution in [2.45, 2.75) is 13.0 Å². The lowest BCUT2D eigenvalue weighted by atomic mass is 10.0. The van der Waals surface area contributed by atoms with Crippen LogP contribution >= 0.6 is 15.9 Å². The van der Waals surface area contributed by atoms with Gasteiger partial charge in [-0.25, -0.2) is 4.39 Å². The summed E-state index contributed by atoms with van der Waals surface area (Å²) in [6.45, 7) is 2.41. The fraction of sp³-hybridized carbons (Fsp3) is 0.188. The number of nitrogens with zero attached hydrogens (tertiary/aromatic N) is 2. The molecule has 3 nitrogen and oxygen atoms in total. The Balaban J connectivity index is 2.05. The highest BCUT2D eigenvalue weighted by Crippen LogP contribution is 2.33. The first-order valence-electron chi connectivity index (χ1n) is 6.67. The molecule has 0 saturated carbocycles. The molecule has 1 atom stereocenters. The van der Waals surface area contributed by atoms with Crippen LogP contribution in [0.25, 0.3) is 0 Å². The molecule has 2 aromatic rings. The van der Waals surface area contributed by atoms with Crippen molar-refractivity contribution in [3.05, 3.63) is 63.9 Å². The van der Waals surface area contributed by atoms with Crippen LogP contribution in [0.4, 0.5) is 10.1 Å². The number of nitrogens with two attached hydrogens (primary N) is 1. The fourth-order valence-corrected chi connectivity index (χ4v) is 2.98. The van der Waals surface area contributed by atoms with Gasteiger partial charge in [0.2, 0.25) is 0 Å². The summed E-state index contributed by atoms with van der Waals surface area (Å²) in [5, 5.41) is 0. The Hall–Kier alpha value is -1.88. The number of hydrogen-bond donors (Lipinski definition) is 1. The summed E-state index contributed by atoms with van der Waals surface area (Å²) in [5.41, 5.74) is 8.56. The second-order valence-corrected chi connectivity index (χ2v) is 6.01. The summed E-state index contributed by atoms with van der Waals surface area (Å²) < 4.78 is 15.1. The van der Waals surface area contributed by atoms with E-state index in [2.05, 4.69) is 20.9 Å². The Morgan fingerprint density at radius 1 is 1.29 bits per heavy atom. The number of aryl methyl sites for hydroxylation is 1. The van der Waals surface area contributed by atoms with Crippen LogP contribution in [-0.4, -0.2) is 12.5 Å². The minimum absolute atomic E-state index is 0.209. The quantitative estimate of drug-likeness (QED) is 0.898. The molecule has 0 spiro atoms. The first-order chi connectivity index (χ1) is 10.1. The average molecular weight is 348 g/mol. The number of benzene rings is 2. The van der Waals surface area contributed by atoms with E-state index in [0.29, 0.717) is 18.1 Å². The van der Waals surface area contributed by atoms with Gasteiger partial charge in [-0.05, 0) is 31.2 Å². The van der Waals surface area contributed by atoms with Crippen molar-refractivity contribution in [1.82, 2.24) is 0 Å². The molecular weight excluding hydrogens is 333 g/mol. The molecular formula is C16H15BrFN3. The first kappa shape index (κ1) is 14.1.